The lowest BCUT2D eigenvalue weighted by Gasteiger charge is -2.11. The summed E-state index contributed by atoms with van der Waals surface area (Å²) >= 11 is 6.05. The number of hydrogen-bond acceptors (Lipinski definition) is 3. The van der Waals surface area contributed by atoms with E-state index >= 15 is 0 Å². The van der Waals surface area contributed by atoms with Crippen LogP contribution in [0.2, 0.25) is 5.02 Å². The van der Waals surface area contributed by atoms with Crippen molar-refractivity contribution in [3.05, 3.63) is 58.6 Å². The van der Waals surface area contributed by atoms with Gasteiger partial charge in [0.1, 0.15) is 0 Å². The van der Waals surface area contributed by atoms with Crippen LogP contribution < -0.4 is 20.1 Å². The number of urea groups is 1. The topological polar surface area (TPSA) is 59.6 Å². The van der Waals surface area contributed by atoms with E-state index in [4.69, 9.17) is 21.1 Å². The minimum Gasteiger partial charge on any atom is -0.493 e. The molecule has 0 saturated heterocycles. The van der Waals surface area contributed by atoms with Crippen LogP contribution in [0.1, 0.15) is 11.1 Å². The van der Waals surface area contributed by atoms with E-state index in [1.54, 1.807) is 26.4 Å². The molecule has 0 aliphatic rings. The molecule has 5 nitrogen and oxygen atoms in total. The fraction of sp³-hybridized carbons (Fsp3) is 0.235. The number of carbonyl (C=O) groups excluding carboxylic acids is 1. The molecule has 2 rings (SSSR count). The predicted molar refractivity (Wildman–Crippen MR) is 90.1 cm³/mol. The second-order valence-corrected chi connectivity index (χ2v) is 5.22. The normalized spacial score (nSPS) is 10.0. The minimum absolute atomic E-state index is 0.264. The number of ether oxygens (including phenoxy) is 2. The maximum Gasteiger partial charge on any atom is 0.315 e. The Morgan fingerprint density at radius 1 is 1.00 bits per heavy atom. The van der Waals surface area contributed by atoms with Gasteiger partial charge in [0.2, 0.25) is 0 Å². The maximum atomic E-state index is 11.9. The molecule has 2 aromatic rings. The van der Waals surface area contributed by atoms with Crippen molar-refractivity contribution in [2.24, 2.45) is 0 Å². The first kappa shape index (κ1) is 17.0. The third kappa shape index (κ3) is 4.79. The number of benzene rings is 2. The van der Waals surface area contributed by atoms with Gasteiger partial charge >= 0.3 is 6.03 Å². The van der Waals surface area contributed by atoms with Gasteiger partial charge in [-0.1, -0.05) is 35.9 Å². The van der Waals surface area contributed by atoms with Gasteiger partial charge in [-0.05, 0) is 29.3 Å². The largest absolute Gasteiger partial charge is 0.493 e. The summed E-state index contributed by atoms with van der Waals surface area (Å²) < 4.78 is 10.4. The van der Waals surface area contributed by atoms with Crippen LogP contribution in [0.25, 0.3) is 0 Å². The first-order valence-corrected chi connectivity index (χ1v) is 7.48. The Labute approximate surface area is 140 Å². The second kappa shape index (κ2) is 8.29. The van der Waals surface area contributed by atoms with Crippen molar-refractivity contribution in [1.29, 1.82) is 0 Å². The maximum absolute atomic E-state index is 11.9. The quantitative estimate of drug-likeness (QED) is 0.851. The Hall–Kier alpha value is -2.40. The van der Waals surface area contributed by atoms with Crippen LogP contribution in [0.5, 0.6) is 11.5 Å². The summed E-state index contributed by atoms with van der Waals surface area (Å²) in [5.41, 5.74) is 1.78. The number of carbonyl (C=O) groups is 1. The van der Waals surface area contributed by atoms with Crippen LogP contribution in [-0.4, -0.2) is 20.3 Å². The van der Waals surface area contributed by atoms with E-state index in [0.717, 1.165) is 11.1 Å². The lowest BCUT2D eigenvalue weighted by Crippen LogP contribution is -2.34. The summed E-state index contributed by atoms with van der Waals surface area (Å²) in [5, 5.41) is 6.19. The Morgan fingerprint density at radius 2 is 1.70 bits per heavy atom. The number of methoxy groups -OCH3 is 2. The van der Waals surface area contributed by atoms with Crippen molar-refractivity contribution in [3.63, 3.8) is 0 Å². The molecule has 0 radical (unpaired) electrons. The van der Waals surface area contributed by atoms with Crippen molar-refractivity contribution >= 4 is 17.6 Å². The van der Waals surface area contributed by atoms with Crippen LogP contribution >= 0.6 is 11.6 Å². The summed E-state index contributed by atoms with van der Waals surface area (Å²) in [6, 6.07) is 12.6. The van der Waals surface area contributed by atoms with Crippen molar-refractivity contribution in [2.45, 2.75) is 13.1 Å². The Balaban J connectivity index is 1.86. The number of rotatable bonds is 6. The van der Waals surface area contributed by atoms with Crippen molar-refractivity contribution in [2.75, 3.05) is 14.2 Å². The Bertz CT molecular complexity index is 677. The zero-order chi connectivity index (χ0) is 16.7. The number of nitrogens with one attached hydrogen (secondary N) is 2. The van der Waals surface area contributed by atoms with Crippen LogP contribution in [0.3, 0.4) is 0 Å². The summed E-state index contributed by atoms with van der Waals surface area (Å²) in [6.45, 7) is 0.756. The molecule has 2 aromatic carbocycles. The third-order valence-corrected chi connectivity index (χ3v) is 3.67. The highest BCUT2D eigenvalue weighted by molar-refractivity contribution is 6.31. The van der Waals surface area contributed by atoms with E-state index < -0.39 is 0 Å². The van der Waals surface area contributed by atoms with Gasteiger partial charge in [-0.2, -0.15) is 0 Å². The molecule has 0 aliphatic heterocycles. The summed E-state index contributed by atoms with van der Waals surface area (Å²) in [5.74, 6) is 1.28. The molecule has 0 aromatic heterocycles. The Morgan fingerprint density at radius 3 is 2.39 bits per heavy atom. The average molecular weight is 335 g/mol. The molecule has 0 fully saturated rings. The highest BCUT2D eigenvalue weighted by Gasteiger charge is 2.06. The van der Waals surface area contributed by atoms with Gasteiger partial charge in [-0.15, -0.1) is 0 Å². The lowest BCUT2D eigenvalue weighted by molar-refractivity contribution is 0.240. The van der Waals surface area contributed by atoms with Gasteiger partial charge < -0.3 is 20.1 Å². The molecule has 23 heavy (non-hydrogen) atoms. The minimum atomic E-state index is -0.264. The summed E-state index contributed by atoms with van der Waals surface area (Å²) in [7, 11) is 3.16. The van der Waals surface area contributed by atoms with E-state index in [9.17, 15) is 4.79 Å². The van der Waals surface area contributed by atoms with E-state index in [1.807, 2.05) is 30.3 Å². The lowest BCUT2D eigenvalue weighted by atomic mass is 10.2. The number of halogens is 1. The third-order valence-electron chi connectivity index (χ3n) is 3.30. The summed E-state index contributed by atoms with van der Waals surface area (Å²) in [6.07, 6.45) is 0. The average Bonchev–Trinajstić information content (AvgIpc) is 2.58. The fourth-order valence-electron chi connectivity index (χ4n) is 2.05. The van der Waals surface area contributed by atoms with Crippen LogP contribution in [-0.2, 0) is 13.1 Å². The molecule has 0 saturated carbocycles. The fourth-order valence-corrected chi connectivity index (χ4v) is 2.26. The summed E-state index contributed by atoms with van der Waals surface area (Å²) in [4.78, 5) is 11.9. The molecule has 0 aliphatic carbocycles. The zero-order valence-corrected chi connectivity index (χ0v) is 13.8. The SMILES string of the molecule is COc1ccc(CNC(=O)NCc2ccccc2Cl)cc1OC. The molecular formula is C17H19ClN2O3. The number of amides is 2. The molecule has 122 valence electrons. The molecule has 0 heterocycles. The highest BCUT2D eigenvalue weighted by Crippen LogP contribution is 2.27. The van der Waals surface area contributed by atoms with Crippen LogP contribution in [0.4, 0.5) is 4.79 Å². The Kier molecular flexibility index (Phi) is 6.11. The first-order valence-electron chi connectivity index (χ1n) is 7.10. The monoisotopic (exact) mass is 334 g/mol. The van der Waals surface area contributed by atoms with Crippen molar-refractivity contribution in [1.82, 2.24) is 10.6 Å². The van der Waals surface area contributed by atoms with Crippen LogP contribution in [0, 0.1) is 0 Å². The molecule has 0 bridgehead atoms. The van der Waals surface area contributed by atoms with E-state index in [2.05, 4.69) is 10.6 Å². The molecule has 0 unspecified atom stereocenters. The van der Waals surface area contributed by atoms with Crippen LogP contribution in [0.15, 0.2) is 42.5 Å². The second-order valence-electron chi connectivity index (χ2n) is 4.82. The van der Waals surface area contributed by atoms with Gasteiger partial charge in [0.15, 0.2) is 11.5 Å². The van der Waals surface area contributed by atoms with E-state index in [0.29, 0.717) is 29.6 Å². The molecule has 0 atom stereocenters. The van der Waals surface area contributed by atoms with Gasteiger partial charge in [0, 0.05) is 18.1 Å². The molecular weight excluding hydrogens is 316 g/mol. The molecule has 6 heteroatoms. The first-order chi connectivity index (χ1) is 11.1. The number of hydrogen-bond donors (Lipinski definition) is 2. The van der Waals surface area contributed by atoms with Crippen molar-refractivity contribution in [3.8, 4) is 11.5 Å². The standard InChI is InChI=1S/C17H19ClN2O3/c1-22-15-8-7-12(9-16(15)23-2)10-19-17(21)20-11-13-5-3-4-6-14(13)18/h3-9H,10-11H2,1-2H3,(H2,19,20,21). The van der Waals surface area contributed by atoms with Gasteiger partial charge in [0.25, 0.3) is 0 Å². The predicted octanol–water partition coefficient (Wildman–Crippen LogP) is 3.36. The van der Waals surface area contributed by atoms with Gasteiger partial charge in [-0.3, -0.25) is 0 Å². The molecule has 2 amide bonds. The van der Waals surface area contributed by atoms with Gasteiger partial charge in [0.05, 0.1) is 14.2 Å². The van der Waals surface area contributed by atoms with E-state index in [-0.39, 0.29) is 6.03 Å². The molecule has 0 spiro atoms. The smallest absolute Gasteiger partial charge is 0.315 e. The van der Waals surface area contributed by atoms with Gasteiger partial charge in [-0.25, -0.2) is 4.79 Å². The highest BCUT2D eigenvalue weighted by atomic mass is 35.5. The molecule has 2 N–H and O–H groups in total. The zero-order valence-electron chi connectivity index (χ0n) is 13.1. The van der Waals surface area contributed by atoms with Crippen molar-refractivity contribution < 1.29 is 14.3 Å². The van der Waals surface area contributed by atoms with E-state index in [1.165, 1.54) is 0 Å².